The van der Waals surface area contributed by atoms with Crippen LogP contribution in [0.3, 0.4) is 0 Å². The largest absolute Gasteiger partial charge is 0.497 e. The fourth-order valence-corrected chi connectivity index (χ4v) is 4.01. The molecule has 5 nitrogen and oxygen atoms in total. The SMILES string of the molecule is COc1ccc(OC)c(-c2cc(Cl)c3c(c2)CC(CNC(=O)c2c(F)ccc(F)c2F)O3)c1. The summed E-state index contributed by atoms with van der Waals surface area (Å²) < 4.78 is 57.7. The highest BCUT2D eigenvalue weighted by molar-refractivity contribution is 6.32. The molecule has 0 saturated heterocycles. The molecule has 4 rings (SSSR count). The summed E-state index contributed by atoms with van der Waals surface area (Å²) in [5.74, 6) is -3.32. The van der Waals surface area contributed by atoms with E-state index < -0.39 is 35.0 Å². The third-order valence-electron chi connectivity index (χ3n) is 5.33. The average molecular weight is 478 g/mol. The molecular formula is C24H19ClF3NO4. The van der Waals surface area contributed by atoms with Crippen LogP contribution in [0.5, 0.6) is 17.2 Å². The third kappa shape index (κ3) is 4.43. The van der Waals surface area contributed by atoms with E-state index in [4.69, 9.17) is 25.8 Å². The molecule has 0 saturated carbocycles. The summed E-state index contributed by atoms with van der Waals surface area (Å²) in [6.45, 7) is -0.0585. The van der Waals surface area contributed by atoms with Gasteiger partial charge in [0.05, 0.1) is 25.8 Å². The smallest absolute Gasteiger partial charge is 0.257 e. The van der Waals surface area contributed by atoms with Crippen molar-refractivity contribution in [3.05, 3.63) is 76.1 Å². The van der Waals surface area contributed by atoms with Crippen molar-refractivity contribution >= 4 is 17.5 Å². The number of benzene rings is 3. The Morgan fingerprint density at radius 2 is 1.85 bits per heavy atom. The highest BCUT2D eigenvalue weighted by atomic mass is 35.5. The Bertz CT molecular complexity index is 1230. The number of amides is 1. The van der Waals surface area contributed by atoms with Crippen molar-refractivity contribution in [3.8, 4) is 28.4 Å². The van der Waals surface area contributed by atoms with E-state index in [9.17, 15) is 18.0 Å². The van der Waals surface area contributed by atoms with Crippen molar-refractivity contribution in [2.24, 2.45) is 0 Å². The number of halogens is 4. The van der Waals surface area contributed by atoms with Gasteiger partial charge in [-0.05, 0) is 48.0 Å². The van der Waals surface area contributed by atoms with E-state index >= 15 is 0 Å². The Morgan fingerprint density at radius 3 is 2.58 bits per heavy atom. The first-order chi connectivity index (χ1) is 15.8. The number of carbonyl (C=O) groups excluding carboxylic acids is 1. The molecule has 0 bridgehead atoms. The Labute approximate surface area is 193 Å². The van der Waals surface area contributed by atoms with Crippen LogP contribution in [-0.4, -0.2) is 32.8 Å². The molecule has 9 heteroatoms. The number of fused-ring (bicyclic) bond motifs is 1. The quantitative estimate of drug-likeness (QED) is 0.497. The summed E-state index contributed by atoms with van der Waals surface area (Å²) in [7, 11) is 3.13. The molecule has 0 spiro atoms. The molecule has 1 atom stereocenters. The van der Waals surface area contributed by atoms with Crippen molar-refractivity contribution in [1.29, 1.82) is 0 Å². The second-order valence-electron chi connectivity index (χ2n) is 7.38. The molecule has 1 heterocycles. The molecule has 3 aromatic carbocycles. The van der Waals surface area contributed by atoms with Crippen LogP contribution < -0.4 is 19.5 Å². The van der Waals surface area contributed by atoms with Gasteiger partial charge in [-0.3, -0.25) is 4.79 Å². The molecule has 1 unspecified atom stereocenters. The van der Waals surface area contributed by atoms with Gasteiger partial charge in [-0.2, -0.15) is 0 Å². The Balaban J connectivity index is 1.52. The lowest BCUT2D eigenvalue weighted by atomic mass is 9.99. The summed E-state index contributed by atoms with van der Waals surface area (Å²) in [6, 6.07) is 10.3. The summed E-state index contributed by atoms with van der Waals surface area (Å²) in [4.78, 5) is 12.2. The van der Waals surface area contributed by atoms with Crippen molar-refractivity contribution < 1.29 is 32.2 Å². The molecule has 0 radical (unpaired) electrons. The van der Waals surface area contributed by atoms with Crippen molar-refractivity contribution in [3.63, 3.8) is 0 Å². The van der Waals surface area contributed by atoms with Crippen LogP contribution in [0.1, 0.15) is 15.9 Å². The Hall–Kier alpha value is -3.39. The van der Waals surface area contributed by atoms with Crippen molar-refractivity contribution in [1.82, 2.24) is 5.32 Å². The summed E-state index contributed by atoms with van der Waals surface area (Å²) in [5, 5.41) is 2.76. The molecule has 3 aromatic rings. The van der Waals surface area contributed by atoms with E-state index in [-0.39, 0.29) is 6.54 Å². The van der Waals surface area contributed by atoms with E-state index in [0.29, 0.717) is 40.8 Å². The zero-order chi connectivity index (χ0) is 23.7. The van der Waals surface area contributed by atoms with Gasteiger partial charge in [-0.1, -0.05) is 11.6 Å². The molecule has 1 N–H and O–H groups in total. The lowest BCUT2D eigenvalue weighted by molar-refractivity contribution is 0.0924. The first kappa shape index (κ1) is 22.8. The van der Waals surface area contributed by atoms with Crippen LogP contribution in [0.15, 0.2) is 42.5 Å². The predicted octanol–water partition coefficient (Wildman–Crippen LogP) is 5.18. The van der Waals surface area contributed by atoms with Crippen LogP contribution in [0.25, 0.3) is 11.1 Å². The first-order valence-corrected chi connectivity index (χ1v) is 10.3. The number of hydrogen-bond donors (Lipinski definition) is 1. The second kappa shape index (κ2) is 9.23. The second-order valence-corrected chi connectivity index (χ2v) is 7.79. The monoisotopic (exact) mass is 477 g/mol. The molecule has 0 fully saturated rings. The van der Waals surface area contributed by atoms with Crippen LogP contribution in [0.4, 0.5) is 13.2 Å². The molecule has 172 valence electrons. The average Bonchev–Trinajstić information content (AvgIpc) is 3.23. The van der Waals surface area contributed by atoms with Crippen molar-refractivity contribution in [2.45, 2.75) is 12.5 Å². The van der Waals surface area contributed by atoms with Crippen LogP contribution >= 0.6 is 11.6 Å². The van der Waals surface area contributed by atoms with Crippen LogP contribution in [0, 0.1) is 17.5 Å². The normalized spacial score (nSPS) is 14.4. The Morgan fingerprint density at radius 1 is 1.09 bits per heavy atom. The van der Waals surface area contributed by atoms with Gasteiger partial charge in [0.1, 0.15) is 34.7 Å². The van der Waals surface area contributed by atoms with Gasteiger partial charge in [0.2, 0.25) is 0 Å². The maximum Gasteiger partial charge on any atom is 0.257 e. The fraction of sp³-hybridized carbons (Fsp3) is 0.208. The molecule has 1 aliphatic rings. The summed E-state index contributed by atoms with van der Waals surface area (Å²) in [5.41, 5.74) is 1.38. The fourth-order valence-electron chi connectivity index (χ4n) is 3.73. The standard InChI is InChI=1S/C24H19ClF3NO4/c1-31-14-3-6-20(32-2)16(10-14)12-7-13-8-15(33-23(13)17(25)9-12)11-29-24(30)21-18(26)4-5-19(27)22(21)28/h3-7,9-10,15H,8,11H2,1-2H3,(H,29,30). The van der Waals surface area contributed by atoms with Gasteiger partial charge >= 0.3 is 0 Å². The molecule has 0 aliphatic carbocycles. The third-order valence-corrected chi connectivity index (χ3v) is 5.61. The summed E-state index contributed by atoms with van der Waals surface area (Å²) in [6.07, 6.45) is -0.132. The van der Waals surface area contributed by atoms with E-state index in [2.05, 4.69) is 5.32 Å². The minimum absolute atomic E-state index is 0.0585. The number of rotatable bonds is 6. The van der Waals surface area contributed by atoms with E-state index in [1.165, 1.54) is 0 Å². The van der Waals surface area contributed by atoms with Gasteiger partial charge in [-0.25, -0.2) is 13.2 Å². The molecule has 1 aliphatic heterocycles. The predicted molar refractivity (Wildman–Crippen MR) is 117 cm³/mol. The minimum atomic E-state index is -1.54. The van der Waals surface area contributed by atoms with Crippen molar-refractivity contribution in [2.75, 3.05) is 20.8 Å². The van der Waals surface area contributed by atoms with Gasteiger partial charge in [0.25, 0.3) is 5.91 Å². The Kier molecular flexibility index (Phi) is 6.37. The highest BCUT2D eigenvalue weighted by Crippen LogP contribution is 2.42. The first-order valence-electron chi connectivity index (χ1n) is 9.95. The van der Waals surface area contributed by atoms with Gasteiger partial charge in [-0.15, -0.1) is 0 Å². The maximum absolute atomic E-state index is 13.9. The lowest BCUT2D eigenvalue weighted by Crippen LogP contribution is -2.35. The molecular weight excluding hydrogens is 459 g/mol. The topological polar surface area (TPSA) is 56.8 Å². The number of carbonyl (C=O) groups is 1. The minimum Gasteiger partial charge on any atom is -0.497 e. The summed E-state index contributed by atoms with van der Waals surface area (Å²) >= 11 is 6.45. The number of hydrogen-bond acceptors (Lipinski definition) is 4. The molecule has 1 amide bonds. The van der Waals surface area contributed by atoms with Gasteiger partial charge in [0, 0.05) is 17.5 Å². The van der Waals surface area contributed by atoms with Gasteiger partial charge in [0.15, 0.2) is 11.6 Å². The maximum atomic E-state index is 13.9. The number of methoxy groups -OCH3 is 2. The van der Waals surface area contributed by atoms with Crippen LogP contribution in [-0.2, 0) is 6.42 Å². The van der Waals surface area contributed by atoms with Crippen LogP contribution in [0.2, 0.25) is 5.02 Å². The number of nitrogens with one attached hydrogen (secondary N) is 1. The van der Waals surface area contributed by atoms with Gasteiger partial charge < -0.3 is 19.5 Å². The molecule has 33 heavy (non-hydrogen) atoms. The zero-order valence-electron chi connectivity index (χ0n) is 17.7. The van der Waals surface area contributed by atoms with E-state index in [1.807, 2.05) is 12.1 Å². The molecule has 0 aromatic heterocycles. The van der Waals surface area contributed by atoms with E-state index in [1.54, 1.807) is 32.4 Å². The number of ether oxygens (including phenoxy) is 3. The van der Waals surface area contributed by atoms with E-state index in [0.717, 1.165) is 16.7 Å². The highest BCUT2D eigenvalue weighted by Gasteiger charge is 2.28. The zero-order valence-corrected chi connectivity index (χ0v) is 18.4. The lowest BCUT2D eigenvalue weighted by Gasteiger charge is -2.13.